The van der Waals surface area contributed by atoms with Crippen LogP contribution >= 0.6 is 11.8 Å². The van der Waals surface area contributed by atoms with Crippen molar-refractivity contribution in [3.63, 3.8) is 0 Å². The first-order valence-corrected chi connectivity index (χ1v) is 5.36. The SMILES string of the molecule is COc1ccc(C)c2c1NCCS2. The molecule has 1 heterocycles. The van der Waals surface area contributed by atoms with Crippen molar-refractivity contribution >= 4 is 17.4 Å². The summed E-state index contributed by atoms with van der Waals surface area (Å²) in [6, 6.07) is 4.13. The van der Waals surface area contributed by atoms with E-state index in [0.29, 0.717) is 0 Å². The maximum atomic E-state index is 5.29. The van der Waals surface area contributed by atoms with Crippen molar-refractivity contribution in [2.75, 3.05) is 24.7 Å². The number of aryl methyl sites for hydroxylation is 1. The Morgan fingerprint density at radius 3 is 3.08 bits per heavy atom. The van der Waals surface area contributed by atoms with Gasteiger partial charge < -0.3 is 10.1 Å². The molecule has 0 spiro atoms. The van der Waals surface area contributed by atoms with Gasteiger partial charge in [0.25, 0.3) is 0 Å². The number of methoxy groups -OCH3 is 1. The number of hydrogen-bond donors (Lipinski definition) is 1. The Bertz CT molecular complexity index is 325. The van der Waals surface area contributed by atoms with Crippen molar-refractivity contribution in [1.82, 2.24) is 0 Å². The van der Waals surface area contributed by atoms with E-state index in [2.05, 4.69) is 18.3 Å². The van der Waals surface area contributed by atoms with Crippen LogP contribution in [-0.4, -0.2) is 19.4 Å². The lowest BCUT2D eigenvalue weighted by Gasteiger charge is -2.21. The minimum atomic E-state index is 0.952. The van der Waals surface area contributed by atoms with Crippen molar-refractivity contribution in [3.8, 4) is 5.75 Å². The van der Waals surface area contributed by atoms with Crippen LogP contribution in [-0.2, 0) is 0 Å². The molecular weight excluding hydrogens is 182 g/mol. The van der Waals surface area contributed by atoms with Gasteiger partial charge in [0.15, 0.2) is 0 Å². The summed E-state index contributed by atoms with van der Waals surface area (Å²) in [6.07, 6.45) is 0. The summed E-state index contributed by atoms with van der Waals surface area (Å²) in [6.45, 7) is 3.16. The van der Waals surface area contributed by atoms with Crippen LogP contribution < -0.4 is 10.1 Å². The zero-order chi connectivity index (χ0) is 9.26. The fraction of sp³-hybridized carbons (Fsp3) is 0.400. The van der Waals surface area contributed by atoms with E-state index in [1.807, 2.05) is 17.8 Å². The van der Waals surface area contributed by atoms with Crippen LogP contribution in [0.15, 0.2) is 17.0 Å². The maximum absolute atomic E-state index is 5.29. The van der Waals surface area contributed by atoms with Gasteiger partial charge in [-0.25, -0.2) is 0 Å². The van der Waals surface area contributed by atoms with Gasteiger partial charge in [-0.15, -0.1) is 11.8 Å². The minimum absolute atomic E-state index is 0.952. The lowest BCUT2D eigenvalue weighted by molar-refractivity contribution is 0.415. The molecule has 1 aromatic carbocycles. The second kappa shape index (κ2) is 3.50. The molecule has 1 N–H and O–H groups in total. The second-order valence-electron chi connectivity index (χ2n) is 3.06. The number of nitrogens with one attached hydrogen (secondary N) is 1. The zero-order valence-electron chi connectivity index (χ0n) is 7.89. The number of thioether (sulfide) groups is 1. The molecular formula is C10H13NOS. The molecule has 0 fully saturated rings. The molecule has 13 heavy (non-hydrogen) atoms. The summed E-state index contributed by atoms with van der Waals surface area (Å²) in [5, 5.41) is 3.38. The third-order valence-corrected chi connectivity index (χ3v) is 3.41. The normalized spacial score (nSPS) is 14.6. The van der Waals surface area contributed by atoms with E-state index < -0.39 is 0 Å². The van der Waals surface area contributed by atoms with E-state index in [1.54, 1.807) is 7.11 Å². The highest BCUT2D eigenvalue weighted by molar-refractivity contribution is 7.99. The molecule has 0 amide bonds. The number of fused-ring (bicyclic) bond motifs is 1. The number of benzene rings is 1. The van der Waals surface area contributed by atoms with Crippen molar-refractivity contribution in [3.05, 3.63) is 17.7 Å². The lowest BCUT2D eigenvalue weighted by Crippen LogP contribution is -2.12. The molecule has 70 valence electrons. The Morgan fingerprint density at radius 1 is 1.46 bits per heavy atom. The molecule has 0 atom stereocenters. The van der Waals surface area contributed by atoms with Crippen LogP contribution in [0.3, 0.4) is 0 Å². The van der Waals surface area contributed by atoms with Gasteiger partial charge in [-0.2, -0.15) is 0 Å². The highest BCUT2D eigenvalue weighted by Crippen LogP contribution is 2.40. The first-order valence-electron chi connectivity index (χ1n) is 4.37. The summed E-state index contributed by atoms with van der Waals surface area (Å²) < 4.78 is 5.29. The van der Waals surface area contributed by atoms with Crippen LogP contribution in [0.25, 0.3) is 0 Å². The third-order valence-electron chi connectivity index (χ3n) is 2.19. The predicted octanol–water partition coefficient (Wildman–Crippen LogP) is 2.52. The average molecular weight is 195 g/mol. The number of anilines is 1. The van der Waals surface area contributed by atoms with Crippen LogP contribution in [0.1, 0.15) is 5.56 Å². The average Bonchev–Trinajstić information content (AvgIpc) is 2.19. The third kappa shape index (κ3) is 1.48. The molecule has 0 aromatic heterocycles. The Morgan fingerprint density at radius 2 is 2.31 bits per heavy atom. The van der Waals surface area contributed by atoms with Crippen LogP contribution in [0.2, 0.25) is 0 Å². The van der Waals surface area contributed by atoms with E-state index >= 15 is 0 Å². The predicted molar refractivity (Wildman–Crippen MR) is 56.9 cm³/mol. The Hall–Kier alpha value is -0.830. The molecule has 0 radical (unpaired) electrons. The Kier molecular flexibility index (Phi) is 2.36. The van der Waals surface area contributed by atoms with Gasteiger partial charge >= 0.3 is 0 Å². The maximum Gasteiger partial charge on any atom is 0.143 e. The largest absolute Gasteiger partial charge is 0.495 e. The monoisotopic (exact) mass is 195 g/mol. The molecule has 0 bridgehead atoms. The molecule has 1 aliphatic heterocycles. The van der Waals surface area contributed by atoms with Gasteiger partial charge in [-0.1, -0.05) is 6.07 Å². The molecule has 1 aromatic rings. The molecule has 0 saturated heterocycles. The van der Waals surface area contributed by atoms with E-state index in [1.165, 1.54) is 16.1 Å². The lowest BCUT2D eigenvalue weighted by atomic mass is 10.2. The fourth-order valence-electron chi connectivity index (χ4n) is 1.52. The molecule has 2 rings (SSSR count). The van der Waals surface area contributed by atoms with Crippen molar-refractivity contribution < 1.29 is 4.74 Å². The highest BCUT2D eigenvalue weighted by atomic mass is 32.2. The Labute approximate surface area is 82.7 Å². The minimum Gasteiger partial charge on any atom is -0.495 e. The van der Waals surface area contributed by atoms with Gasteiger partial charge in [0.05, 0.1) is 12.8 Å². The quantitative estimate of drug-likeness (QED) is 0.744. The zero-order valence-corrected chi connectivity index (χ0v) is 8.70. The molecule has 0 unspecified atom stereocenters. The summed E-state index contributed by atoms with van der Waals surface area (Å²) in [4.78, 5) is 1.34. The van der Waals surface area contributed by atoms with Gasteiger partial charge in [0, 0.05) is 17.2 Å². The number of hydrogen-bond acceptors (Lipinski definition) is 3. The van der Waals surface area contributed by atoms with E-state index in [0.717, 1.165) is 18.0 Å². The first-order chi connectivity index (χ1) is 6.33. The van der Waals surface area contributed by atoms with E-state index in [9.17, 15) is 0 Å². The van der Waals surface area contributed by atoms with Crippen molar-refractivity contribution in [2.45, 2.75) is 11.8 Å². The smallest absolute Gasteiger partial charge is 0.143 e. The van der Waals surface area contributed by atoms with E-state index in [4.69, 9.17) is 4.74 Å². The van der Waals surface area contributed by atoms with E-state index in [-0.39, 0.29) is 0 Å². The summed E-state index contributed by atoms with van der Waals surface area (Å²) in [7, 11) is 1.71. The van der Waals surface area contributed by atoms with Crippen molar-refractivity contribution in [1.29, 1.82) is 0 Å². The topological polar surface area (TPSA) is 21.3 Å². The number of rotatable bonds is 1. The van der Waals surface area contributed by atoms with Gasteiger partial charge in [-0.05, 0) is 18.6 Å². The molecule has 2 nitrogen and oxygen atoms in total. The second-order valence-corrected chi connectivity index (χ2v) is 4.17. The molecule has 0 aliphatic carbocycles. The van der Waals surface area contributed by atoms with Gasteiger partial charge in [0.2, 0.25) is 0 Å². The van der Waals surface area contributed by atoms with Crippen LogP contribution in [0.4, 0.5) is 5.69 Å². The fourth-order valence-corrected chi connectivity index (χ4v) is 2.54. The highest BCUT2D eigenvalue weighted by Gasteiger charge is 2.15. The number of ether oxygens (including phenoxy) is 1. The van der Waals surface area contributed by atoms with Crippen LogP contribution in [0, 0.1) is 6.92 Å². The van der Waals surface area contributed by atoms with Gasteiger partial charge in [-0.3, -0.25) is 0 Å². The Balaban J connectivity index is 2.52. The molecule has 1 aliphatic rings. The van der Waals surface area contributed by atoms with Gasteiger partial charge in [0.1, 0.15) is 5.75 Å². The van der Waals surface area contributed by atoms with Crippen molar-refractivity contribution in [2.24, 2.45) is 0 Å². The summed E-state index contributed by atoms with van der Waals surface area (Å²) in [5.74, 6) is 2.09. The molecule has 0 saturated carbocycles. The standard InChI is InChI=1S/C10H13NOS/c1-7-3-4-8(12-2)9-10(7)13-6-5-11-9/h3-4,11H,5-6H2,1-2H3. The van der Waals surface area contributed by atoms with Crippen LogP contribution in [0.5, 0.6) is 5.75 Å². The molecule has 3 heteroatoms. The summed E-state index contributed by atoms with van der Waals surface area (Å²) >= 11 is 1.90. The summed E-state index contributed by atoms with van der Waals surface area (Å²) in [5.41, 5.74) is 2.49. The first kappa shape index (κ1) is 8.75.